The zero-order valence-corrected chi connectivity index (χ0v) is 18.2. The number of imidazole rings is 1. The second kappa shape index (κ2) is 7.90. The number of aromatic nitrogens is 3. The number of pyridine rings is 1. The summed E-state index contributed by atoms with van der Waals surface area (Å²) in [6, 6.07) is 19.3. The molecule has 0 radical (unpaired) electrons. The smallest absolute Gasteiger partial charge is 0.245 e. The molecule has 4 aromatic rings. The molecule has 6 nitrogen and oxygen atoms in total. The van der Waals surface area contributed by atoms with Gasteiger partial charge in [0.05, 0.1) is 5.52 Å². The molecule has 0 spiro atoms. The van der Waals surface area contributed by atoms with Crippen molar-refractivity contribution >= 4 is 20.9 Å². The highest BCUT2D eigenvalue weighted by molar-refractivity contribution is 7.89. The fourth-order valence-corrected chi connectivity index (χ4v) is 6.02. The lowest BCUT2D eigenvalue weighted by Crippen LogP contribution is -2.29. The van der Waals surface area contributed by atoms with E-state index in [0.29, 0.717) is 18.6 Å². The maximum atomic E-state index is 13.5. The van der Waals surface area contributed by atoms with Gasteiger partial charge in [0, 0.05) is 49.0 Å². The molecule has 7 heteroatoms. The van der Waals surface area contributed by atoms with Crippen LogP contribution in [-0.2, 0) is 16.6 Å². The molecule has 2 aromatic carbocycles. The molecular formula is C24H24N4O2S. The number of aryl methyl sites for hydroxylation is 1. The summed E-state index contributed by atoms with van der Waals surface area (Å²) < 4.78 is 30.7. The van der Waals surface area contributed by atoms with Crippen LogP contribution >= 0.6 is 0 Å². The Hall–Kier alpha value is -3.03. The Morgan fingerprint density at radius 1 is 1.00 bits per heavy atom. The average molecular weight is 433 g/mol. The molecule has 1 saturated heterocycles. The van der Waals surface area contributed by atoms with Crippen molar-refractivity contribution in [3.8, 4) is 0 Å². The lowest BCUT2D eigenvalue weighted by molar-refractivity contribution is 0.469. The fourth-order valence-electron chi connectivity index (χ4n) is 4.36. The van der Waals surface area contributed by atoms with Crippen LogP contribution in [0.5, 0.6) is 0 Å². The number of hydrogen-bond acceptors (Lipinski definition) is 4. The van der Waals surface area contributed by atoms with Gasteiger partial charge in [-0.1, -0.05) is 48.5 Å². The highest BCUT2D eigenvalue weighted by Gasteiger charge is 2.36. The summed E-state index contributed by atoms with van der Waals surface area (Å²) in [4.78, 5) is 9.27. The minimum absolute atomic E-state index is 0.0649. The molecule has 2 aromatic heterocycles. The summed E-state index contributed by atoms with van der Waals surface area (Å²) in [5.74, 6) is 1.02. The molecule has 1 aliphatic heterocycles. The summed E-state index contributed by atoms with van der Waals surface area (Å²) in [5, 5.41) is 0.827. The minimum Gasteiger partial charge on any atom is -0.328 e. The molecule has 1 atom stereocenters. The van der Waals surface area contributed by atoms with E-state index in [4.69, 9.17) is 0 Å². The first-order chi connectivity index (χ1) is 15.0. The van der Waals surface area contributed by atoms with E-state index in [1.54, 1.807) is 22.6 Å². The van der Waals surface area contributed by atoms with Gasteiger partial charge in [-0.2, -0.15) is 4.31 Å². The van der Waals surface area contributed by atoms with Crippen molar-refractivity contribution in [2.75, 3.05) is 13.1 Å². The van der Waals surface area contributed by atoms with Crippen LogP contribution in [0.1, 0.15) is 29.4 Å². The third kappa shape index (κ3) is 3.64. The van der Waals surface area contributed by atoms with Gasteiger partial charge in [0.15, 0.2) is 0 Å². The summed E-state index contributed by atoms with van der Waals surface area (Å²) >= 11 is 0. The molecule has 0 amide bonds. The average Bonchev–Trinajstić information content (AvgIpc) is 3.42. The van der Waals surface area contributed by atoms with E-state index in [9.17, 15) is 8.42 Å². The van der Waals surface area contributed by atoms with Gasteiger partial charge in [0.2, 0.25) is 10.0 Å². The number of rotatable bonds is 5. The van der Waals surface area contributed by atoms with Crippen LogP contribution in [0.2, 0.25) is 0 Å². The van der Waals surface area contributed by atoms with Gasteiger partial charge in [-0.15, -0.1) is 0 Å². The SMILES string of the molecule is Cc1cnc(C2CCN(S(=O)(=O)c3cccc4cccnc34)C2)n1Cc1ccccc1. The van der Waals surface area contributed by atoms with Crippen LogP contribution in [0.25, 0.3) is 10.9 Å². The largest absolute Gasteiger partial charge is 0.328 e. The van der Waals surface area contributed by atoms with Crippen LogP contribution < -0.4 is 0 Å². The van der Waals surface area contributed by atoms with E-state index >= 15 is 0 Å². The van der Waals surface area contributed by atoms with Crippen LogP contribution in [-0.4, -0.2) is 40.3 Å². The quantitative estimate of drug-likeness (QED) is 0.479. The summed E-state index contributed by atoms with van der Waals surface area (Å²) in [6.45, 7) is 3.69. The van der Waals surface area contributed by atoms with Gasteiger partial charge in [-0.05, 0) is 31.0 Å². The first-order valence-corrected chi connectivity index (χ1v) is 11.9. The molecule has 1 aliphatic rings. The van der Waals surface area contributed by atoms with Gasteiger partial charge < -0.3 is 4.57 Å². The number of sulfonamides is 1. The minimum atomic E-state index is -3.64. The molecule has 0 aliphatic carbocycles. The number of benzene rings is 2. The van der Waals surface area contributed by atoms with Gasteiger partial charge >= 0.3 is 0 Å². The highest BCUT2D eigenvalue weighted by atomic mass is 32.2. The molecule has 1 fully saturated rings. The number of para-hydroxylation sites is 1. The van der Waals surface area contributed by atoms with Crippen molar-refractivity contribution in [1.29, 1.82) is 0 Å². The van der Waals surface area contributed by atoms with E-state index in [0.717, 1.165) is 29.9 Å². The summed E-state index contributed by atoms with van der Waals surface area (Å²) in [7, 11) is -3.64. The molecule has 0 N–H and O–H groups in total. The van der Waals surface area contributed by atoms with Gasteiger partial charge in [-0.3, -0.25) is 4.98 Å². The Bertz CT molecular complexity index is 1330. The molecule has 5 rings (SSSR count). The zero-order valence-electron chi connectivity index (χ0n) is 17.3. The van der Waals surface area contributed by atoms with Gasteiger partial charge in [0.1, 0.15) is 10.7 Å². The normalized spacial score (nSPS) is 17.4. The standard InChI is InChI=1S/C24H24N4O2S/c1-18-15-26-24(28(18)16-19-7-3-2-4-8-19)21-12-14-27(17-21)31(29,30)22-11-5-9-20-10-6-13-25-23(20)22/h2-11,13,15,21H,12,14,16-17H2,1H3. The fraction of sp³-hybridized carbons (Fsp3) is 0.250. The molecule has 1 unspecified atom stereocenters. The lowest BCUT2D eigenvalue weighted by Gasteiger charge is -2.18. The van der Waals surface area contributed by atoms with Crippen molar-refractivity contribution in [3.63, 3.8) is 0 Å². The van der Waals surface area contributed by atoms with Crippen molar-refractivity contribution in [1.82, 2.24) is 18.8 Å². The predicted octanol–water partition coefficient (Wildman–Crippen LogP) is 3.97. The zero-order chi connectivity index (χ0) is 21.4. The Labute approximate surface area is 182 Å². The Balaban J connectivity index is 1.43. The molecule has 158 valence electrons. The Kier molecular flexibility index (Phi) is 5.08. The van der Waals surface area contributed by atoms with Crippen LogP contribution in [0, 0.1) is 6.92 Å². The maximum absolute atomic E-state index is 13.5. The molecular weight excluding hydrogens is 408 g/mol. The molecule has 0 saturated carbocycles. The Morgan fingerprint density at radius 3 is 2.65 bits per heavy atom. The van der Waals surface area contributed by atoms with E-state index in [1.165, 1.54) is 5.56 Å². The van der Waals surface area contributed by atoms with Crippen molar-refractivity contribution in [3.05, 3.63) is 90.1 Å². The van der Waals surface area contributed by atoms with Crippen LogP contribution in [0.3, 0.4) is 0 Å². The van der Waals surface area contributed by atoms with Gasteiger partial charge in [-0.25, -0.2) is 13.4 Å². The number of hydrogen-bond donors (Lipinski definition) is 0. The third-order valence-electron chi connectivity index (χ3n) is 6.00. The number of nitrogens with zero attached hydrogens (tertiary/aromatic N) is 4. The monoisotopic (exact) mass is 432 g/mol. The first kappa shape index (κ1) is 19.9. The van der Waals surface area contributed by atoms with E-state index in [1.807, 2.05) is 49.5 Å². The third-order valence-corrected chi connectivity index (χ3v) is 7.90. The summed E-state index contributed by atoms with van der Waals surface area (Å²) in [6.07, 6.45) is 4.27. The van der Waals surface area contributed by atoms with Crippen molar-refractivity contribution < 1.29 is 8.42 Å². The second-order valence-electron chi connectivity index (χ2n) is 8.01. The summed E-state index contributed by atoms with van der Waals surface area (Å²) in [5.41, 5.74) is 2.81. The van der Waals surface area contributed by atoms with Crippen molar-refractivity contribution in [2.45, 2.75) is 30.7 Å². The lowest BCUT2D eigenvalue weighted by atomic mass is 10.1. The van der Waals surface area contributed by atoms with E-state index in [2.05, 4.69) is 26.7 Å². The van der Waals surface area contributed by atoms with Crippen LogP contribution in [0.15, 0.2) is 78.0 Å². The second-order valence-corrected chi connectivity index (χ2v) is 9.92. The highest BCUT2D eigenvalue weighted by Crippen LogP contribution is 2.33. The Morgan fingerprint density at radius 2 is 1.81 bits per heavy atom. The predicted molar refractivity (Wildman–Crippen MR) is 120 cm³/mol. The van der Waals surface area contributed by atoms with Crippen LogP contribution in [0.4, 0.5) is 0 Å². The van der Waals surface area contributed by atoms with E-state index in [-0.39, 0.29) is 10.8 Å². The topological polar surface area (TPSA) is 68.1 Å². The molecule has 0 bridgehead atoms. The van der Waals surface area contributed by atoms with Gasteiger partial charge in [0.25, 0.3) is 0 Å². The first-order valence-electron chi connectivity index (χ1n) is 10.4. The van der Waals surface area contributed by atoms with Crippen molar-refractivity contribution in [2.24, 2.45) is 0 Å². The molecule has 3 heterocycles. The van der Waals surface area contributed by atoms with E-state index < -0.39 is 10.0 Å². The maximum Gasteiger partial charge on any atom is 0.245 e. The number of fused-ring (bicyclic) bond motifs is 1. The molecule has 31 heavy (non-hydrogen) atoms.